The number of benzene rings is 2. The number of hydrogen-bond donors (Lipinski definition) is 3. The predicted molar refractivity (Wildman–Crippen MR) is 113 cm³/mol. The minimum atomic E-state index is -0.626. The number of nitrogen functional groups attached to an aromatic ring is 1. The number of hydroxylamine groups is 1. The van der Waals surface area contributed by atoms with E-state index in [1.165, 1.54) is 23.2 Å². The molecule has 0 radical (unpaired) electrons. The third-order valence-electron chi connectivity index (χ3n) is 5.78. The van der Waals surface area contributed by atoms with Crippen LogP contribution < -0.4 is 16.0 Å². The van der Waals surface area contributed by atoms with Crippen LogP contribution in [0.25, 0.3) is 6.08 Å². The van der Waals surface area contributed by atoms with Crippen molar-refractivity contribution in [3.05, 3.63) is 65.2 Å². The summed E-state index contributed by atoms with van der Waals surface area (Å²) < 4.78 is 6.34. The zero-order valence-corrected chi connectivity index (χ0v) is 16.6. The zero-order chi connectivity index (χ0) is 21.1. The predicted octanol–water partition coefficient (Wildman–Crippen LogP) is 2.79. The fourth-order valence-corrected chi connectivity index (χ4v) is 4.17. The Morgan fingerprint density at radius 1 is 1.23 bits per heavy atom. The molecule has 156 valence electrons. The standard InChI is InChI=1S/C23H25N3O4/c24-18-3-1-2-17(12-18)15-26-10-8-23(9-11-26)14-20(27)19-13-16(4-6-21(19)30-23)5-7-22(28)25-29/h1-7,12-13,29H,8-11,14-15,24H2,(H,25,28)/b7-5+. The first-order valence-corrected chi connectivity index (χ1v) is 10.0. The number of likely N-dealkylation sites (tertiary alicyclic amines) is 1. The van der Waals surface area contributed by atoms with Gasteiger partial charge in [-0.1, -0.05) is 18.2 Å². The number of nitrogens with two attached hydrogens (primary N) is 1. The van der Waals surface area contributed by atoms with Gasteiger partial charge in [0.2, 0.25) is 0 Å². The number of fused-ring (bicyclic) bond motifs is 1. The summed E-state index contributed by atoms with van der Waals surface area (Å²) in [6.07, 6.45) is 4.68. The highest BCUT2D eigenvalue weighted by Crippen LogP contribution is 2.40. The smallest absolute Gasteiger partial charge is 0.267 e. The highest BCUT2D eigenvalue weighted by atomic mass is 16.5. The topological polar surface area (TPSA) is 105 Å². The second kappa shape index (κ2) is 8.30. The zero-order valence-electron chi connectivity index (χ0n) is 16.6. The SMILES string of the molecule is Nc1cccc(CN2CCC3(CC2)CC(=O)c2cc(/C=C/C(=O)NO)ccc2O3)c1. The van der Waals surface area contributed by atoms with Crippen LogP contribution in [0, 0.1) is 0 Å². The van der Waals surface area contributed by atoms with E-state index in [-0.39, 0.29) is 5.78 Å². The maximum atomic E-state index is 12.9. The van der Waals surface area contributed by atoms with Crippen LogP contribution in [0.15, 0.2) is 48.5 Å². The number of hydrogen-bond acceptors (Lipinski definition) is 6. The van der Waals surface area contributed by atoms with Crippen LogP contribution in [0.5, 0.6) is 5.75 Å². The van der Waals surface area contributed by atoms with Gasteiger partial charge in [0.05, 0.1) is 12.0 Å². The van der Waals surface area contributed by atoms with Crippen LogP contribution in [-0.4, -0.2) is 40.5 Å². The maximum Gasteiger partial charge on any atom is 0.267 e. The summed E-state index contributed by atoms with van der Waals surface area (Å²) in [6, 6.07) is 13.2. The van der Waals surface area contributed by atoms with Crippen LogP contribution in [-0.2, 0) is 11.3 Å². The molecule has 0 unspecified atom stereocenters. The summed E-state index contributed by atoms with van der Waals surface area (Å²) in [5.41, 5.74) is 10.2. The first kappa shape index (κ1) is 20.1. The van der Waals surface area contributed by atoms with E-state index in [0.717, 1.165) is 38.2 Å². The number of piperidine rings is 1. The molecule has 2 aromatic carbocycles. The summed E-state index contributed by atoms with van der Waals surface area (Å²) in [4.78, 5) is 26.4. The number of rotatable bonds is 4. The summed E-state index contributed by atoms with van der Waals surface area (Å²) in [6.45, 7) is 2.55. The number of ketones is 1. The molecule has 1 spiro atoms. The van der Waals surface area contributed by atoms with E-state index >= 15 is 0 Å². The molecule has 4 N–H and O–H groups in total. The number of Topliss-reactive ketones (excluding diaryl/α,β-unsaturated/α-hetero) is 1. The maximum absolute atomic E-state index is 12.9. The lowest BCUT2D eigenvalue weighted by molar-refractivity contribution is -0.124. The molecular weight excluding hydrogens is 382 g/mol. The van der Waals surface area contributed by atoms with Crippen molar-refractivity contribution in [3.63, 3.8) is 0 Å². The van der Waals surface area contributed by atoms with Crippen LogP contribution >= 0.6 is 0 Å². The fraction of sp³-hybridized carbons (Fsp3) is 0.304. The van der Waals surface area contributed by atoms with E-state index in [0.29, 0.717) is 23.3 Å². The van der Waals surface area contributed by atoms with Crippen molar-refractivity contribution in [2.75, 3.05) is 18.8 Å². The molecule has 0 aromatic heterocycles. The van der Waals surface area contributed by atoms with Gasteiger partial charge in [-0.15, -0.1) is 0 Å². The van der Waals surface area contributed by atoms with Crippen molar-refractivity contribution < 1.29 is 19.5 Å². The van der Waals surface area contributed by atoms with Crippen LogP contribution in [0.1, 0.15) is 40.7 Å². The normalized spacial score (nSPS) is 18.2. The van der Waals surface area contributed by atoms with E-state index in [1.807, 2.05) is 18.2 Å². The summed E-state index contributed by atoms with van der Waals surface area (Å²) in [5.74, 6) is 0.0286. The van der Waals surface area contributed by atoms with E-state index in [4.69, 9.17) is 15.7 Å². The van der Waals surface area contributed by atoms with Crippen LogP contribution in [0.4, 0.5) is 5.69 Å². The van der Waals surface area contributed by atoms with E-state index in [1.54, 1.807) is 18.2 Å². The lowest BCUT2D eigenvalue weighted by Crippen LogP contribution is -2.50. The van der Waals surface area contributed by atoms with Gasteiger partial charge in [0.25, 0.3) is 5.91 Å². The molecular formula is C23H25N3O4. The highest BCUT2D eigenvalue weighted by molar-refractivity contribution is 6.01. The van der Waals surface area contributed by atoms with Gasteiger partial charge >= 0.3 is 0 Å². The quantitative estimate of drug-likeness (QED) is 0.312. The lowest BCUT2D eigenvalue weighted by atomic mass is 9.82. The Labute approximate surface area is 175 Å². The molecule has 2 aliphatic rings. The Kier molecular flexibility index (Phi) is 5.57. The first-order chi connectivity index (χ1) is 14.5. The van der Waals surface area contributed by atoms with Gasteiger partial charge in [-0.25, -0.2) is 5.48 Å². The Bertz CT molecular complexity index is 994. The van der Waals surface area contributed by atoms with Gasteiger partial charge in [0, 0.05) is 44.2 Å². The Morgan fingerprint density at radius 2 is 2.03 bits per heavy atom. The molecule has 1 fully saturated rings. The monoisotopic (exact) mass is 407 g/mol. The van der Waals surface area contributed by atoms with Crippen molar-refractivity contribution >= 4 is 23.5 Å². The number of carbonyl (C=O) groups excluding carboxylic acids is 2. The first-order valence-electron chi connectivity index (χ1n) is 10.0. The summed E-state index contributed by atoms with van der Waals surface area (Å²) in [5, 5.41) is 8.57. The Hall–Kier alpha value is -3.16. The molecule has 0 atom stereocenters. The van der Waals surface area contributed by atoms with Gasteiger partial charge in [0.15, 0.2) is 5.78 Å². The van der Waals surface area contributed by atoms with Crippen LogP contribution in [0.3, 0.4) is 0 Å². The number of anilines is 1. The van der Waals surface area contributed by atoms with Gasteiger partial charge < -0.3 is 10.5 Å². The molecule has 0 saturated carbocycles. The third kappa shape index (κ3) is 4.37. The molecule has 4 rings (SSSR count). The second-order valence-corrected chi connectivity index (χ2v) is 7.97. The van der Waals surface area contributed by atoms with Gasteiger partial charge in [-0.2, -0.15) is 0 Å². The number of ether oxygens (including phenoxy) is 1. The molecule has 7 heteroatoms. The molecule has 1 saturated heterocycles. The van der Waals surface area contributed by atoms with E-state index < -0.39 is 11.5 Å². The number of carbonyl (C=O) groups is 2. The summed E-state index contributed by atoms with van der Waals surface area (Å²) >= 11 is 0. The molecule has 30 heavy (non-hydrogen) atoms. The van der Waals surface area contributed by atoms with Gasteiger partial charge in [0.1, 0.15) is 11.4 Å². The van der Waals surface area contributed by atoms with Gasteiger partial charge in [-0.3, -0.25) is 19.7 Å². The van der Waals surface area contributed by atoms with Crippen molar-refractivity contribution in [2.45, 2.75) is 31.4 Å². The van der Waals surface area contributed by atoms with Crippen LogP contribution in [0.2, 0.25) is 0 Å². The molecule has 0 aliphatic carbocycles. The molecule has 2 heterocycles. The molecule has 2 aliphatic heterocycles. The highest BCUT2D eigenvalue weighted by Gasteiger charge is 2.42. The largest absolute Gasteiger partial charge is 0.486 e. The minimum Gasteiger partial charge on any atom is -0.486 e. The Balaban J connectivity index is 1.43. The van der Waals surface area contributed by atoms with E-state index in [2.05, 4.69) is 11.0 Å². The minimum absolute atomic E-state index is 0.0578. The molecule has 7 nitrogen and oxygen atoms in total. The number of amides is 1. The molecule has 2 aromatic rings. The molecule has 0 bridgehead atoms. The van der Waals surface area contributed by atoms with Crippen molar-refractivity contribution in [1.82, 2.24) is 10.4 Å². The number of nitrogens with zero attached hydrogens (tertiary/aromatic N) is 1. The molecule has 1 amide bonds. The fourth-order valence-electron chi connectivity index (χ4n) is 4.17. The van der Waals surface area contributed by atoms with E-state index in [9.17, 15) is 9.59 Å². The average molecular weight is 407 g/mol. The van der Waals surface area contributed by atoms with Gasteiger partial charge in [-0.05, 0) is 41.5 Å². The summed E-state index contributed by atoms with van der Waals surface area (Å²) in [7, 11) is 0. The van der Waals surface area contributed by atoms with Crippen molar-refractivity contribution in [1.29, 1.82) is 0 Å². The third-order valence-corrected chi connectivity index (χ3v) is 5.78. The van der Waals surface area contributed by atoms with Crippen molar-refractivity contribution in [3.8, 4) is 5.75 Å². The lowest BCUT2D eigenvalue weighted by Gasteiger charge is -2.44. The van der Waals surface area contributed by atoms with Crippen molar-refractivity contribution in [2.24, 2.45) is 0 Å². The second-order valence-electron chi connectivity index (χ2n) is 7.97. The number of nitrogens with one attached hydrogen (secondary N) is 1. The Morgan fingerprint density at radius 3 is 2.77 bits per heavy atom. The average Bonchev–Trinajstić information content (AvgIpc) is 2.74.